The van der Waals surface area contributed by atoms with Crippen molar-refractivity contribution in [2.75, 3.05) is 13.2 Å². The molecule has 0 saturated heterocycles. The lowest BCUT2D eigenvalue weighted by Gasteiger charge is -2.18. The normalized spacial score (nSPS) is 12.1. The van der Waals surface area contributed by atoms with Crippen molar-refractivity contribution in [1.82, 2.24) is 0 Å². The molecule has 302 valence electrons. The minimum atomic E-state index is -0.760. The van der Waals surface area contributed by atoms with Gasteiger partial charge in [0.15, 0.2) is 6.10 Å². The number of carbonyl (C=O) groups is 3. The highest BCUT2D eigenvalue weighted by Gasteiger charge is 2.19. The lowest BCUT2D eigenvalue weighted by atomic mass is 10.0. The van der Waals surface area contributed by atoms with Crippen molar-refractivity contribution in [2.45, 2.75) is 246 Å². The Kier molecular flexibility index (Phi) is 37.0. The van der Waals surface area contributed by atoms with Crippen molar-refractivity contribution in [3.63, 3.8) is 0 Å². The summed E-state index contributed by atoms with van der Waals surface area (Å²) in [4.78, 5) is 37.6. The van der Waals surface area contributed by atoms with E-state index in [1.54, 1.807) is 0 Å². The highest BCUT2D eigenvalue weighted by molar-refractivity contribution is 5.71. The van der Waals surface area contributed by atoms with E-state index >= 15 is 0 Å². The fraction of sp³-hybridized carbons (Fsp3) is 0.933. The molecular weight excluding hydrogens is 636 g/mol. The molecule has 6 heteroatoms. The van der Waals surface area contributed by atoms with Crippen LogP contribution in [0.1, 0.15) is 240 Å². The molecule has 0 aromatic carbocycles. The number of hydrogen-bond acceptors (Lipinski definition) is 6. The summed E-state index contributed by atoms with van der Waals surface area (Å²) in [7, 11) is 0. The standard InChI is InChI=1S/C45H86O6/c1-6-7-8-9-10-11-12-13-14-15-19-25-30-35-43(46)49-38-42(51-45(48)37-32-27-22-21-24-29-34-41(4)5)39-50-44(47)36-31-26-20-17-16-18-23-28-33-40(2)3/h40-42H,6-39H2,1-5H3/t42-/m0/s1. The van der Waals surface area contributed by atoms with E-state index in [1.807, 2.05) is 0 Å². The largest absolute Gasteiger partial charge is 0.462 e. The fourth-order valence-corrected chi connectivity index (χ4v) is 6.58. The topological polar surface area (TPSA) is 78.9 Å². The second kappa shape index (κ2) is 38.1. The van der Waals surface area contributed by atoms with E-state index in [0.29, 0.717) is 19.3 Å². The van der Waals surface area contributed by atoms with Gasteiger partial charge in [0.1, 0.15) is 13.2 Å². The Balaban J connectivity index is 4.31. The monoisotopic (exact) mass is 723 g/mol. The van der Waals surface area contributed by atoms with Crippen LogP contribution in [0.25, 0.3) is 0 Å². The van der Waals surface area contributed by atoms with Crippen molar-refractivity contribution in [3.8, 4) is 0 Å². The Hall–Kier alpha value is -1.59. The van der Waals surface area contributed by atoms with Gasteiger partial charge in [-0.3, -0.25) is 14.4 Å². The van der Waals surface area contributed by atoms with Crippen LogP contribution in [0.3, 0.4) is 0 Å². The maximum absolute atomic E-state index is 12.6. The SMILES string of the molecule is CCCCCCCCCCCCCCCC(=O)OC[C@@H](COC(=O)CCCCCCCCCCC(C)C)OC(=O)CCCCCCCCC(C)C. The van der Waals surface area contributed by atoms with Gasteiger partial charge in [-0.05, 0) is 31.1 Å². The maximum Gasteiger partial charge on any atom is 0.306 e. The molecule has 0 aliphatic rings. The smallest absolute Gasteiger partial charge is 0.306 e. The second-order valence-corrected chi connectivity index (χ2v) is 16.3. The third kappa shape index (κ3) is 39.5. The number of esters is 3. The first-order valence-electron chi connectivity index (χ1n) is 22.2. The van der Waals surface area contributed by atoms with E-state index in [-0.39, 0.29) is 31.1 Å². The van der Waals surface area contributed by atoms with Crippen molar-refractivity contribution in [1.29, 1.82) is 0 Å². The molecule has 0 N–H and O–H groups in total. The van der Waals surface area contributed by atoms with E-state index < -0.39 is 6.10 Å². The molecule has 6 nitrogen and oxygen atoms in total. The molecular formula is C45H86O6. The molecule has 0 radical (unpaired) electrons. The van der Waals surface area contributed by atoms with Crippen LogP contribution in [0.5, 0.6) is 0 Å². The Morgan fingerprint density at radius 2 is 0.647 bits per heavy atom. The summed E-state index contributed by atoms with van der Waals surface area (Å²) in [5.41, 5.74) is 0. The van der Waals surface area contributed by atoms with Crippen LogP contribution in [0.4, 0.5) is 0 Å². The third-order valence-corrected chi connectivity index (χ3v) is 9.97. The number of carbonyl (C=O) groups excluding carboxylic acids is 3. The Labute approximate surface area is 317 Å². The summed E-state index contributed by atoms with van der Waals surface area (Å²) in [5, 5.41) is 0. The van der Waals surface area contributed by atoms with Crippen LogP contribution in [0.15, 0.2) is 0 Å². The number of unbranched alkanes of at least 4 members (excludes halogenated alkanes) is 24. The van der Waals surface area contributed by atoms with Crippen LogP contribution < -0.4 is 0 Å². The third-order valence-electron chi connectivity index (χ3n) is 9.97. The molecule has 0 spiro atoms. The summed E-state index contributed by atoms with van der Waals surface area (Å²) < 4.78 is 16.7. The highest BCUT2D eigenvalue weighted by atomic mass is 16.6. The van der Waals surface area contributed by atoms with Gasteiger partial charge in [0.2, 0.25) is 0 Å². The quantitative estimate of drug-likeness (QED) is 0.0357. The average molecular weight is 723 g/mol. The highest BCUT2D eigenvalue weighted by Crippen LogP contribution is 2.16. The summed E-state index contributed by atoms with van der Waals surface area (Å²) in [5.74, 6) is 0.690. The predicted molar refractivity (Wildman–Crippen MR) is 215 cm³/mol. The Morgan fingerprint density at radius 3 is 0.961 bits per heavy atom. The molecule has 0 aromatic rings. The number of ether oxygens (including phenoxy) is 3. The van der Waals surface area contributed by atoms with Crippen molar-refractivity contribution in [2.24, 2.45) is 11.8 Å². The summed E-state index contributed by atoms with van der Waals surface area (Å²) in [6.07, 6.45) is 35.3. The van der Waals surface area contributed by atoms with Crippen LogP contribution in [-0.2, 0) is 28.6 Å². The zero-order valence-electron chi connectivity index (χ0n) is 34.7. The summed E-state index contributed by atoms with van der Waals surface area (Å²) in [6.45, 7) is 11.2. The van der Waals surface area contributed by atoms with Crippen LogP contribution >= 0.6 is 0 Å². The van der Waals surface area contributed by atoms with Gasteiger partial charge in [-0.2, -0.15) is 0 Å². The first-order chi connectivity index (χ1) is 24.7. The van der Waals surface area contributed by atoms with Gasteiger partial charge in [0.05, 0.1) is 0 Å². The molecule has 0 aromatic heterocycles. The number of hydrogen-bond donors (Lipinski definition) is 0. The van der Waals surface area contributed by atoms with Gasteiger partial charge in [-0.25, -0.2) is 0 Å². The molecule has 1 atom stereocenters. The van der Waals surface area contributed by atoms with E-state index in [9.17, 15) is 14.4 Å². The van der Waals surface area contributed by atoms with Gasteiger partial charge in [0, 0.05) is 19.3 Å². The first-order valence-corrected chi connectivity index (χ1v) is 22.2. The van der Waals surface area contributed by atoms with Gasteiger partial charge in [-0.15, -0.1) is 0 Å². The number of rotatable bonds is 39. The lowest BCUT2D eigenvalue weighted by Crippen LogP contribution is -2.30. The minimum absolute atomic E-state index is 0.0662. The van der Waals surface area contributed by atoms with E-state index in [2.05, 4.69) is 34.6 Å². The molecule has 0 rings (SSSR count). The molecule has 0 heterocycles. The van der Waals surface area contributed by atoms with Crippen molar-refractivity contribution < 1.29 is 28.6 Å². The molecule has 0 aliphatic heterocycles. The zero-order chi connectivity index (χ0) is 37.6. The van der Waals surface area contributed by atoms with Crippen LogP contribution in [0, 0.1) is 11.8 Å². The first kappa shape index (κ1) is 49.4. The average Bonchev–Trinajstić information content (AvgIpc) is 3.09. The summed E-state index contributed by atoms with van der Waals surface area (Å²) >= 11 is 0. The Morgan fingerprint density at radius 1 is 0.373 bits per heavy atom. The molecule has 0 saturated carbocycles. The maximum atomic E-state index is 12.6. The molecule has 51 heavy (non-hydrogen) atoms. The molecule has 0 amide bonds. The van der Waals surface area contributed by atoms with Crippen LogP contribution in [0.2, 0.25) is 0 Å². The van der Waals surface area contributed by atoms with Crippen molar-refractivity contribution in [3.05, 3.63) is 0 Å². The molecule has 0 unspecified atom stereocenters. The second-order valence-electron chi connectivity index (χ2n) is 16.3. The summed E-state index contributed by atoms with van der Waals surface area (Å²) in [6, 6.07) is 0. The van der Waals surface area contributed by atoms with Gasteiger partial charge >= 0.3 is 17.9 Å². The zero-order valence-corrected chi connectivity index (χ0v) is 34.7. The predicted octanol–water partition coefficient (Wildman–Crippen LogP) is 13.8. The van der Waals surface area contributed by atoms with Crippen molar-refractivity contribution >= 4 is 17.9 Å². The minimum Gasteiger partial charge on any atom is -0.462 e. The molecule has 0 fully saturated rings. The van der Waals surface area contributed by atoms with Gasteiger partial charge in [-0.1, -0.05) is 202 Å². The molecule has 0 bridgehead atoms. The van der Waals surface area contributed by atoms with Crippen LogP contribution in [-0.4, -0.2) is 37.2 Å². The van der Waals surface area contributed by atoms with E-state index in [0.717, 1.165) is 69.6 Å². The van der Waals surface area contributed by atoms with Gasteiger partial charge in [0.25, 0.3) is 0 Å². The van der Waals surface area contributed by atoms with Gasteiger partial charge < -0.3 is 14.2 Å². The lowest BCUT2D eigenvalue weighted by molar-refractivity contribution is -0.167. The Bertz CT molecular complexity index is 779. The van der Waals surface area contributed by atoms with E-state index in [1.165, 1.54) is 128 Å². The van der Waals surface area contributed by atoms with E-state index in [4.69, 9.17) is 14.2 Å². The fourth-order valence-electron chi connectivity index (χ4n) is 6.58. The molecule has 0 aliphatic carbocycles.